The average molecular weight is 439 g/mol. The third-order valence-corrected chi connectivity index (χ3v) is 9.86. The maximum atomic E-state index is 6.15. The van der Waals surface area contributed by atoms with Crippen LogP contribution in [0, 0.1) is 17.3 Å². The highest BCUT2D eigenvalue weighted by Gasteiger charge is 2.48. The number of hydrogen-bond donors (Lipinski definition) is 0. The lowest BCUT2D eigenvalue weighted by Gasteiger charge is -2.54. The molecule has 0 aliphatic heterocycles. The van der Waals surface area contributed by atoms with Gasteiger partial charge in [0, 0.05) is 0 Å². The number of rotatable bonds is 12. The fourth-order valence-corrected chi connectivity index (χ4v) is 7.56. The van der Waals surface area contributed by atoms with Gasteiger partial charge in [0.2, 0.25) is 0 Å². The van der Waals surface area contributed by atoms with Crippen LogP contribution in [0.2, 0.25) is 0 Å². The normalized spacial score (nSPS) is 32.2. The van der Waals surface area contributed by atoms with Crippen molar-refractivity contribution in [2.24, 2.45) is 17.3 Å². The van der Waals surface area contributed by atoms with Gasteiger partial charge in [0.05, 0.1) is 6.61 Å². The van der Waals surface area contributed by atoms with E-state index >= 15 is 0 Å². The fraction of sp³-hybridized carbons (Fsp3) is 0.806. The third kappa shape index (κ3) is 5.92. The SMILES string of the molecule is CCCCCC1CCC(CCCOc2ccc(C34CCC(CCC)(CC3)CC4)cc2)CC1. The number of fused-ring (bicyclic) bond motifs is 3. The van der Waals surface area contributed by atoms with Crippen molar-refractivity contribution in [1.29, 1.82) is 0 Å². The van der Waals surface area contributed by atoms with E-state index < -0.39 is 0 Å². The minimum Gasteiger partial charge on any atom is -0.494 e. The second-order valence-corrected chi connectivity index (χ2v) is 11.9. The van der Waals surface area contributed by atoms with Crippen molar-refractivity contribution in [3.8, 4) is 5.75 Å². The number of ether oxygens (including phenoxy) is 1. The van der Waals surface area contributed by atoms with Gasteiger partial charge in [-0.2, -0.15) is 0 Å². The van der Waals surface area contributed by atoms with E-state index in [-0.39, 0.29) is 0 Å². The molecule has 0 radical (unpaired) electrons. The molecular formula is C31H50O. The van der Waals surface area contributed by atoms with Gasteiger partial charge in [0.25, 0.3) is 0 Å². The highest BCUT2D eigenvalue weighted by Crippen LogP contribution is 2.59. The Morgan fingerprint density at radius 3 is 1.88 bits per heavy atom. The highest BCUT2D eigenvalue weighted by molar-refractivity contribution is 5.34. The molecule has 4 fully saturated rings. The molecule has 4 aliphatic rings. The summed E-state index contributed by atoms with van der Waals surface area (Å²) in [6.07, 6.45) is 25.6. The third-order valence-electron chi connectivity index (χ3n) is 9.86. The van der Waals surface area contributed by atoms with Gasteiger partial charge in [0.1, 0.15) is 5.75 Å². The van der Waals surface area contributed by atoms with Crippen LogP contribution in [0.3, 0.4) is 0 Å². The lowest BCUT2D eigenvalue weighted by molar-refractivity contribution is 0.0320. The molecule has 5 rings (SSSR count). The van der Waals surface area contributed by atoms with E-state index in [1.54, 1.807) is 5.56 Å². The number of unbranched alkanes of at least 4 members (excludes halogenated alkanes) is 2. The molecule has 180 valence electrons. The van der Waals surface area contributed by atoms with Crippen LogP contribution < -0.4 is 4.74 Å². The van der Waals surface area contributed by atoms with Gasteiger partial charge in [-0.15, -0.1) is 0 Å². The largest absolute Gasteiger partial charge is 0.494 e. The van der Waals surface area contributed by atoms with E-state index in [9.17, 15) is 0 Å². The topological polar surface area (TPSA) is 9.23 Å². The van der Waals surface area contributed by atoms with Crippen molar-refractivity contribution in [2.45, 2.75) is 135 Å². The first-order chi connectivity index (χ1) is 15.7. The Morgan fingerprint density at radius 1 is 0.719 bits per heavy atom. The minimum absolute atomic E-state index is 0.476. The summed E-state index contributed by atoms with van der Waals surface area (Å²) in [7, 11) is 0. The molecule has 0 unspecified atom stereocenters. The first kappa shape index (κ1) is 24.2. The minimum atomic E-state index is 0.476. The standard InChI is InChI=1S/C31H50O/c1-3-5-6-8-26-10-12-27(13-11-26)9-7-25-32-29-16-14-28(15-17-29)31-22-19-30(18-4-2,20-23-31)21-24-31/h14-17,26-27H,3-13,18-25H2,1-2H3. The Labute approximate surface area is 199 Å². The smallest absolute Gasteiger partial charge is 0.119 e. The summed E-state index contributed by atoms with van der Waals surface area (Å²) in [5.74, 6) is 3.07. The van der Waals surface area contributed by atoms with Gasteiger partial charge in [-0.3, -0.25) is 0 Å². The van der Waals surface area contributed by atoms with Crippen LogP contribution in [-0.4, -0.2) is 6.61 Å². The van der Waals surface area contributed by atoms with Crippen LogP contribution in [-0.2, 0) is 5.41 Å². The van der Waals surface area contributed by atoms with Crippen molar-refractivity contribution in [1.82, 2.24) is 0 Å². The Morgan fingerprint density at radius 2 is 1.31 bits per heavy atom. The molecule has 1 aromatic carbocycles. The van der Waals surface area contributed by atoms with E-state index in [1.807, 2.05) is 0 Å². The molecule has 0 aromatic heterocycles. The number of hydrogen-bond acceptors (Lipinski definition) is 1. The summed E-state index contributed by atoms with van der Waals surface area (Å²) in [4.78, 5) is 0. The Bertz CT molecular complexity index is 642. The Hall–Kier alpha value is -0.980. The zero-order valence-electron chi connectivity index (χ0n) is 21.3. The molecule has 1 aromatic rings. The van der Waals surface area contributed by atoms with Crippen molar-refractivity contribution >= 4 is 0 Å². The molecule has 4 aliphatic carbocycles. The lowest BCUT2D eigenvalue weighted by atomic mass is 9.51. The first-order valence-corrected chi connectivity index (χ1v) is 14.4. The summed E-state index contributed by atoms with van der Waals surface area (Å²) < 4.78 is 6.15. The van der Waals surface area contributed by atoms with Crippen molar-refractivity contribution in [3.63, 3.8) is 0 Å². The maximum absolute atomic E-state index is 6.15. The summed E-state index contributed by atoms with van der Waals surface area (Å²) in [5, 5.41) is 0. The molecule has 0 saturated heterocycles. The second kappa shape index (κ2) is 11.4. The molecule has 1 heteroatoms. The molecule has 2 bridgehead atoms. The van der Waals surface area contributed by atoms with Crippen LogP contribution in [0.25, 0.3) is 0 Å². The van der Waals surface area contributed by atoms with Crippen LogP contribution in [0.4, 0.5) is 0 Å². The van der Waals surface area contributed by atoms with Gasteiger partial charge < -0.3 is 4.74 Å². The van der Waals surface area contributed by atoms with Crippen molar-refractivity contribution < 1.29 is 4.74 Å². The van der Waals surface area contributed by atoms with Crippen LogP contribution in [0.15, 0.2) is 24.3 Å². The van der Waals surface area contributed by atoms with Crippen LogP contribution >= 0.6 is 0 Å². The molecule has 0 N–H and O–H groups in total. The molecule has 1 nitrogen and oxygen atoms in total. The van der Waals surface area contributed by atoms with Gasteiger partial charge in [0.15, 0.2) is 0 Å². The van der Waals surface area contributed by atoms with E-state index in [0.29, 0.717) is 10.8 Å². The summed E-state index contributed by atoms with van der Waals surface area (Å²) in [6.45, 7) is 5.57. The van der Waals surface area contributed by atoms with Gasteiger partial charge in [-0.25, -0.2) is 0 Å². The molecule has 0 atom stereocenters. The monoisotopic (exact) mass is 438 g/mol. The molecule has 32 heavy (non-hydrogen) atoms. The van der Waals surface area contributed by atoms with Crippen LogP contribution in [0.5, 0.6) is 5.75 Å². The van der Waals surface area contributed by atoms with Gasteiger partial charge in [-0.05, 0) is 98.1 Å². The fourth-order valence-electron chi connectivity index (χ4n) is 7.56. The zero-order valence-corrected chi connectivity index (χ0v) is 21.3. The number of benzene rings is 1. The van der Waals surface area contributed by atoms with E-state index in [0.717, 1.165) is 24.2 Å². The maximum Gasteiger partial charge on any atom is 0.119 e. The molecule has 0 heterocycles. The van der Waals surface area contributed by atoms with E-state index in [2.05, 4.69) is 38.1 Å². The molecule has 0 spiro atoms. The predicted octanol–water partition coefficient (Wildman–Crippen LogP) is 9.62. The quantitative estimate of drug-likeness (QED) is 0.295. The lowest BCUT2D eigenvalue weighted by Crippen LogP contribution is -2.44. The molecular weight excluding hydrogens is 388 g/mol. The Kier molecular flexibility index (Phi) is 8.63. The van der Waals surface area contributed by atoms with E-state index in [1.165, 1.54) is 116 Å². The van der Waals surface area contributed by atoms with Crippen molar-refractivity contribution in [3.05, 3.63) is 29.8 Å². The average Bonchev–Trinajstić information content (AvgIpc) is 2.84. The van der Waals surface area contributed by atoms with Crippen molar-refractivity contribution in [2.75, 3.05) is 6.61 Å². The second-order valence-electron chi connectivity index (χ2n) is 11.9. The van der Waals surface area contributed by atoms with Crippen LogP contribution in [0.1, 0.15) is 135 Å². The van der Waals surface area contributed by atoms with Gasteiger partial charge >= 0.3 is 0 Å². The summed E-state index contributed by atoms with van der Waals surface area (Å²) in [5.41, 5.74) is 2.77. The predicted molar refractivity (Wildman–Crippen MR) is 137 cm³/mol. The Balaban J connectivity index is 1.14. The molecule has 0 amide bonds. The highest BCUT2D eigenvalue weighted by atomic mass is 16.5. The summed E-state index contributed by atoms with van der Waals surface area (Å²) >= 11 is 0. The van der Waals surface area contributed by atoms with Gasteiger partial charge in [-0.1, -0.05) is 83.8 Å². The summed E-state index contributed by atoms with van der Waals surface area (Å²) in [6, 6.07) is 9.31. The first-order valence-electron chi connectivity index (χ1n) is 14.4. The zero-order chi connectivity index (χ0) is 22.3. The molecule has 4 saturated carbocycles. The van der Waals surface area contributed by atoms with E-state index in [4.69, 9.17) is 4.74 Å².